The summed E-state index contributed by atoms with van der Waals surface area (Å²) in [5.41, 5.74) is 5.34. The monoisotopic (exact) mass is 236 g/mol. The average molecular weight is 236 g/mol. The van der Waals surface area contributed by atoms with Crippen molar-refractivity contribution >= 4 is 17.3 Å². The third-order valence-corrected chi connectivity index (χ3v) is 3.15. The van der Waals surface area contributed by atoms with Crippen molar-refractivity contribution in [2.24, 2.45) is 5.92 Å². The number of hydrogen-bond donors (Lipinski definition) is 2. The molecule has 0 spiro atoms. The van der Waals surface area contributed by atoms with Crippen LogP contribution in [0.4, 0.5) is 17.3 Å². The number of nitrogens with two attached hydrogens (primary N) is 1. The first-order valence-electron chi connectivity index (χ1n) is 5.59. The van der Waals surface area contributed by atoms with Gasteiger partial charge in [-0.15, -0.1) is 0 Å². The van der Waals surface area contributed by atoms with Crippen molar-refractivity contribution in [3.05, 3.63) is 22.2 Å². The van der Waals surface area contributed by atoms with E-state index in [2.05, 4.69) is 24.1 Å². The molecule has 1 fully saturated rings. The number of pyridine rings is 1. The summed E-state index contributed by atoms with van der Waals surface area (Å²) in [7, 11) is 0. The third kappa shape index (κ3) is 2.46. The van der Waals surface area contributed by atoms with Gasteiger partial charge in [-0.2, -0.15) is 0 Å². The highest BCUT2D eigenvalue weighted by atomic mass is 16.6. The van der Waals surface area contributed by atoms with Gasteiger partial charge in [-0.25, -0.2) is 4.98 Å². The Morgan fingerprint density at radius 1 is 1.53 bits per heavy atom. The van der Waals surface area contributed by atoms with Gasteiger partial charge in [0.25, 0.3) is 0 Å². The normalized spacial score (nSPS) is 15.6. The van der Waals surface area contributed by atoms with Gasteiger partial charge < -0.3 is 11.1 Å². The molecule has 1 aliphatic rings. The van der Waals surface area contributed by atoms with E-state index < -0.39 is 4.92 Å². The van der Waals surface area contributed by atoms with E-state index in [9.17, 15) is 10.1 Å². The molecule has 0 radical (unpaired) electrons. The van der Waals surface area contributed by atoms with Crippen LogP contribution in [0.3, 0.4) is 0 Å². The van der Waals surface area contributed by atoms with Crippen LogP contribution < -0.4 is 11.1 Å². The fourth-order valence-corrected chi connectivity index (χ4v) is 1.93. The van der Waals surface area contributed by atoms with E-state index in [-0.39, 0.29) is 17.0 Å². The summed E-state index contributed by atoms with van der Waals surface area (Å²) in [6.45, 7) is 4.20. The molecule has 0 saturated heterocycles. The Bertz CT molecular complexity index is 455. The summed E-state index contributed by atoms with van der Waals surface area (Å²) < 4.78 is 0. The summed E-state index contributed by atoms with van der Waals surface area (Å²) in [4.78, 5) is 14.1. The van der Waals surface area contributed by atoms with Crippen LogP contribution in [0.2, 0.25) is 0 Å². The topological polar surface area (TPSA) is 94.1 Å². The van der Waals surface area contributed by atoms with Crippen molar-refractivity contribution in [2.75, 3.05) is 11.1 Å². The van der Waals surface area contributed by atoms with E-state index in [0.717, 1.165) is 0 Å². The van der Waals surface area contributed by atoms with Crippen LogP contribution >= 0.6 is 0 Å². The van der Waals surface area contributed by atoms with Gasteiger partial charge in [0, 0.05) is 11.6 Å². The second-order valence-electron chi connectivity index (χ2n) is 4.98. The second-order valence-corrected chi connectivity index (χ2v) is 4.98. The first kappa shape index (κ1) is 11.6. The zero-order valence-electron chi connectivity index (χ0n) is 9.93. The van der Waals surface area contributed by atoms with E-state index >= 15 is 0 Å². The van der Waals surface area contributed by atoms with Crippen LogP contribution in [-0.4, -0.2) is 15.4 Å². The molecule has 1 aromatic rings. The zero-order chi connectivity index (χ0) is 12.6. The molecule has 0 unspecified atom stereocenters. The Kier molecular flexibility index (Phi) is 2.65. The summed E-state index contributed by atoms with van der Waals surface area (Å²) in [6, 6.07) is 2.98. The molecule has 92 valence electrons. The summed E-state index contributed by atoms with van der Waals surface area (Å²) in [6.07, 6.45) is 2.42. The van der Waals surface area contributed by atoms with E-state index in [4.69, 9.17) is 5.73 Å². The quantitative estimate of drug-likeness (QED) is 0.617. The SMILES string of the molecule is CC(C)(Nc1ccc([N+](=O)[O-])c(N)n1)C1CC1. The highest BCUT2D eigenvalue weighted by Crippen LogP contribution is 2.41. The molecule has 1 saturated carbocycles. The van der Waals surface area contributed by atoms with Gasteiger partial charge in [0.1, 0.15) is 5.82 Å². The number of hydrogen-bond acceptors (Lipinski definition) is 5. The van der Waals surface area contributed by atoms with Gasteiger partial charge >= 0.3 is 5.69 Å². The lowest BCUT2D eigenvalue weighted by atomic mass is 9.99. The van der Waals surface area contributed by atoms with Gasteiger partial charge in [0.05, 0.1) is 4.92 Å². The van der Waals surface area contributed by atoms with Crippen molar-refractivity contribution in [3.63, 3.8) is 0 Å². The van der Waals surface area contributed by atoms with E-state index in [1.54, 1.807) is 6.07 Å². The molecular weight excluding hydrogens is 220 g/mol. The van der Waals surface area contributed by atoms with Crippen molar-refractivity contribution in [1.29, 1.82) is 0 Å². The minimum atomic E-state index is -0.530. The Morgan fingerprint density at radius 3 is 2.65 bits per heavy atom. The molecule has 1 heterocycles. The Labute approximate surface area is 99.4 Å². The van der Waals surface area contributed by atoms with Crippen molar-refractivity contribution in [1.82, 2.24) is 4.98 Å². The molecule has 1 aromatic heterocycles. The molecule has 0 atom stereocenters. The Hall–Kier alpha value is -1.85. The molecule has 6 nitrogen and oxygen atoms in total. The van der Waals surface area contributed by atoms with Crippen LogP contribution in [0.15, 0.2) is 12.1 Å². The van der Waals surface area contributed by atoms with Crippen LogP contribution in [0, 0.1) is 16.0 Å². The lowest BCUT2D eigenvalue weighted by Crippen LogP contribution is -2.33. The molecule has 0 aliphatic heterocycles. The van der Waals surface area contributed by atoms with Crippen molar-refractivity contribution < 1.29 is 4.92 Å². The lowest BCUT2D eigenvalue weighted by molar-refractivity contribution is -0.384. The third-order valence-electron chi connectivity index (χ3n) is 3.15. The van der Waals surface area contributed by atoms with Gasteiger partial charge in [-0.3, -0.25) is 10.1 Å². The summed E-state index contributed by atoms with van der Waals surface area (Å²) in [5, 5.41) is 13.9. The zero-order valence-corrected chi connectivity index (χ0v) is 9.93. The van der Waals surface area contributed by atoms with Crippen LogP contribution in [0.1, 0.15) is 26.7 Å². The van der Waals surface area contributed by atoms with Gasteiger partial charge in [-0.1, -0.05) is 0 Å². The number of rotatable bonds is 4. The molecule has 0 amide bonds. The van der Waals surface area contributed by atoms with Crippen LogP contribution in [-0.2, 0) is 0 Å². The summed E-state index contributed by atoms with van der Waals surface area (Å²) in [5.74, 6) is 1.18. The minimum Gasteiger partial charge on any atom is -0.378 e. The average Bonchev–Trinajstić information content (AvgIpc) is 2.98. The van der Waals surface area contributed by atoms with E-state index in [0.29, 0.717) is 11.7 Å². The molecule has 0 aromatic carbocycles. The standard InChI is InChI=1S/C11H16N4O2/c1-11(2,7-3-4-7)14-9-6-5-8(15(16)17)10(12)13-9/h5-7H,3-4H2,1-2H3,(H3,12,13,14). The first-order chi connectivity index (χ1) is 7.90. The number of nitrogens with zero attached hydrogens (tertiary/aromatic N) is 2. The smallest absolute Gasteiger partial charge is 0.311 e. The van der Waals surface area contributed by atoms with Gasteiger partial charge in [0.15, 0.2) is 0 Å². The number of nitrogen functional groups attached to an aromatic ring is 1. The molecule has 3 N–H and O–H groups in total. The largest absolute Gasteiger partial charge is 0.378 e. The maximum atomic E-state index is 10.6. The van der Waals surface area contributed by atoms with Gasteiger partial charge in [0.2, 0.25) is 5.82 Å². The molecule has 2 rings (SSSR count). The molecule has 6 heteroatoms. The first-order valence-corrected chi connectivity index (χ1v) is 5.59. The van der Waals surface area contributed by atoms with Crippen molar-refractivity contribution in [2.45, 2.75) is 32.2 Å². The highest BCUT2D eigenvalue weighted by molar-refractivity contribution is 5.57. The van der Waals surface area contributed by atoms with Crippen LogP contribution in [0.25, 0.3) is 0 Å². The Morgan fingerprint density at radius 2 is 2.18 bits per heavy atom. The minimum absolute atomic E-state index is 0.0461. The van der Waals surface area contributed by atoms with E-state index in [1.165, 1.54) is 18.9 Å². The maximum absolute atomic E-state index is 10.6. The maximum Gasteiger partial charge on any atom is 0.311 e. The van der Waals surface area contributed by atoms with Crippen molar-refractivity contribution in [3.8, 4) is 0 Å². The lowest BCUT2D eigenvalue weighted by Gasteiger charge is -2.26. The molecule has 1 aliphatic carbocycles. The second kappa shape index (κ2) is 3.87. The molecule has 17 heavy (non-hydrogen) atoms. The fraction of sp³-hybridized carbons (Fsp3) is 0.545. The summed E-state index contributed by atoms with van der Waals surface area (Å²) >= 11 is 0. The fourth-order valence-electron chi connectivity index (χ4n) is 1.93. The van der Waals surface area contributed by atoms with Crippen LogP contribution in [0.5, 0.6) is 0 Å². The number of nitrogens with one attached hydrogen (secondary N) is 1. The Balaban J connectivity index is 2.17. The molecule has 0 bridgehead atoms. The van der Waals surface area contributed by atoms with Gasteiger partial charge in [-0.05, 0) is 38.7 Å². The predicted molar refractivity (Wildman–Crippen MR) is 65.7 cm³/mol. The number of aromatic nitrogens is 1. The highest BCUT2D eigenvalue weighted by Gasteiger charge is 2.37. The number of anilines is 2. The predicted octanol–water partition coefficient (Wildman–Crippen LogP) is 2.17. The number of nitro groups is 1. The molecular formula is C11H16N4O2. The van der Waals surface area contributed by atoms with E-state index in [1.807, 2.05) is 0 Å².